The number of rotatable bonds is 3. The Kier molecular flexibility index (Phi) is 4.67. The monoisotopic (exact) mass is 344 g/mol. The largest absolute Gasteiger partial charge is 0.358 e. The fourth-order valence-corrected chi connectivity index (χ4v) is 3.55. The second-order valence-corrected chi connectivity index (χ2v) is 6.78. The van der Waals surface area contributed by atoms with Crippen LogP contribution in [0.2, 0.25) is 0 Å². The van der Waals surface area contributed by atoms with Gasteiger partial charge >= 0.3 is 0 Å². The second-order valence-electron chi connectivity index (χ2n) is 6.78. The van der Waals surface area contributed by atoms with E-state index in [0.29, 0.717) is 17.9 Å². The molecule has 134 valence electrons. The van der Waals surface area contributed by atoms with Crippen LogP contribution >= 0.6 is 0 Å². The summed E-state index contributed by atoms with van der Waals surface area (Å²) >= 11 is 0. The van der Waals surface area contributed by atoms with Crippen LogP contribution in [0.15, 0.2) is 23.5 Å². The third-order valence-corrected chi connectivity index (χ3v) is 5.01. The fourth-order valence-electron chi connectivity index (χ4n) is 3.55. The molecule has 7 heteroatoms. The Morgan fingerprint density at radius 2 is 1.80 bits per heavy atom. The summed E-state index contributed by atoms with van der Waals surface area (Å²) in [5.74, 6) is 0. The third kappa shape index (κ3) is 3.26. The van der Waals surface area contributed by atoms with E-state index in [0.717, 1.165) is 50.7 Å². The van der Waals surface area contributed by atoms with Crippen LogP contribution in [-0.4, -0.2) is 32.5 Å². The Morgan fingerprint density at radius 1 is 1.08 bits per heavy atom. The van der Waals surface area contributed by atoms with Gasteiger partial charge in [0.2, 0.25) is 0 Å². The first kappa shape index (κ1) is 16.5. The zero-order valence-electron chi connectivity index (χ0n) is 14.6. The Bertz CT molecular complexity index is 786. The van der Waals surface area contributed by atoms with Crippen molar-refractivity contribution in [2.75, 3.05) is 13.2 Å². The molecule has 0 bridgehead atoms. The van der Waals surface area contributed by atoms with Crippen molar-refractivity contribution >= 4 is 0 Å². The summed E-state index contributed by atoms with van der Waals surface area (Å²) < 4.78 is 14.9. The molecule has 0 saturated carbocycles. The lowest BCUT2D eigenvalue weighted by molar-refractivity contribution is -0.0394. The van der Waals surface area contributed by atoms with E-state index in [1.165, 1.54) is 0 Å². The molecule has 4 heterocycles. The van der Waals surface area contributed by atoms with Crippen molar-refractivity contribution in [2.45, 2.75) is 57.9 Å². The van der Waals surface area contributed by atoms with Crippen LogP contribution in [0.5, 0.6) is 0 Å². The van der Waals surface area contributed by atoms with Crippen LogP contribution in [0.3, 0.4) is 0 Å². The molecule has 2 saturated heterocycles. The average Bonchev–Trinajstić information content (AvgIpc) is 3.15. The highest BCUT2D eigenvalue weighted by atomic mass is 16.5. The molecule has 2 atom stereocenters. The van der Waals surface area contributed by atoms with Gasteiger partial charge in [-0.1, -0.05) is 0 Å². The van der Waals surface area contributed by atoms with Crippen LogP contribution in [0, 0.1) is 6.92 Å². The Labute approximate surface area is 146 Å². The highest BCUT2D eigenvalue weighted by Crippen LogP contribution is 2.26. The summed E-state index contributed by atoms with van der Waals surface area (Å²) in [6, 6.07) is 0. The van der Waals surface area contributed by atoms with Crippen LogP contribution < -0.4 is 5.56 Å². The topological polar surface area (TPSA) is 71.2 Å². The highest BCUT2D eigenvalue weighted by molar-refractivity contribution is 5.60. The van der Waals surface area contributed by atoms with Crippen molar-refractivity contribution in [3.63, 3.8) is 0 Å². The zero-order valence-corrected chi connectivity index (χ0v) is 14.6. The van der Waals surface area contributed by atoms with Gasteiger partial charge in [0.1, 0.15) is 18.8 Å². The molecule has 0 radical (unpaired) electrons. The molecule has 2 aliphatic heterocycles. The first-order chi connectivity index (χ1) is 12.2. The van der Waals surface area contributed by atoms with Crippen LogP contribution in [0.4, 0.5) is 0 Å². The predicted molar refractivity (Wildman–Crippen MR) is 92.1 cm³/mol. The van der Waals surface area contributed by atoms with E-state index >= 15 is 0 Å². The molecule has 0 aromatic carbocycles. The Morgan fingerprint density at radius 3 is 2.48 bits per heavy atom. The molecule has 2 fully saturated rings. The Hall–Kier alpha value is -1.99. The standard InChI is InChI=1S/C18H24N4O3/c1-13-17(14-10-20-22(11-14)16-7-3-5-9-25-16)19-12-21(18(13)23)15-6-2-4-8-24-15/h10-12,15-16H,2-9H2,1H3. The summed E-state index contributed by atoms with van der Waals surface area (Å²) in [5, 5.41) is 4.42. The molecule has 4 rings (SSSR count). The van der Waals surface area contributed by atoms with Gasteiger partial charge in [-0.3, -0.25) is 9.36 Å². The lowest BCUT2D eigenvalue weighted by Crippen LogP contribution is -2.30. The first-order valence-corrected chi connectivity index (χ1v) is 9.09. The molecular formula is C18H24N4O3. The zero-order chi connectivity index (χ0) is 17.2. The quantitative estimate of drug-likeness (QED) is 0.856. The van der Waals surface area contributed by atoms with Crippen LogP contribution in [0.25, 0.3) is 11.3 Å². The third-order valence-electron chi connectivity index (χ3n) is 5.01. The molecule has 0 N–H and O–H groups in total. The maximum Gasteiger partial charge on any atom is 0.258 e. The van der Waals surface area contributed by atoms with Crippen molar-refractivity contribution < 1.29 is 9.47 Å². The van der Waals surface area contributed by atoms with Gasteiger partial charge < -0.3 is 9.47 Å². The average molecular weight is 344 g/mol. The minimum absolute atomic E-state index is 0.0150. The van der Waals surface area contributed by atoms with Gasteiger partial charge in [-0.25, -0.2) is 9.67 Å². The lowest BCUT2D eigenvalue weighted by atomic mass is 10.1. The number of ether oxygens (including phenoxy) is 2. The molecule has 0 aliphatic carbocycles. The maximum absolute atomic E-state index is 12.8. The molecule has 25 heavy (non-hydrogen) atoms. The second kappa shape index (κ2) is 7.09. The lowest BCUT2D eigenvalue weighted by Gasteiger charge is -2.24. The Balaban J connectivity index is 1.61. The molecular weight excluding hydrogens is 320 g/mol. The predicted octanol–water partition coefficient (Wildman–Crippen LogP) is 2.81. The number of nitrogens with zero attached hydrogens (tertiary/aromatic N) is 4. The minimum Gasteiger partial charge on any atom is -0.358 e. The maximum atomic E-state index is 12.8. The number of hydrogen-bond acceptors (Lipinski definition) is 5. The van der Waals surface area contributed by atoms with Gasteiger partial charge in [-0.15, -0.1) is 0 Å². The van der Waals surface area contributed by atoms with Gasteiger partial charge in [0.25, 0.3) is 5.56 Å². The van der Waals surface area contributed by atoms with Crippen molar-refractivity contribution in [2.24, 2.45) is 0 Å². The van der Waals surface area contributed by atoms with Crippen molar-refractivity contribution in [3.8, 4) is 11.3 Å². The van der Waals surface area contributed by atoms with Crippen LogP contribution in [0.1, 0.15) is 56.5 Å². The summed E-state index contributed by atoms with van der Waals surface area (Å²) in [6.07, 6.45) is 11.3. The number of hydrogen-bond donors (Lipinski definition) is 0. The first-order valence-electron chi connectivity index (χ1n) is 9.09. The van der Waals surface area contributed by atoms with E-state index in [9.17, 15) is 4.79 Å². The molecule has 0 amide bonds. The summed E-state index contributed by atoms with van der Waals surface area (Å²) in [5.41, 5.74) is 2.11. The molecule has 2 aliphatic rings. The van der Waals surface area contributed by atoms with E-state index in [2.05, 4.69) is 10.1 Å². The summed E-state index contributed by atoms with van der Waals surface area (Å²) in [7, 11) is 0. The van der Waals surface area contributed by atoms with Crippen molar-refractivity contribution in [1.82, 2.24) is 19.3 Å². The molecule has 7 nitrogen and oxygen atoms in total. The SMILES string of the molecule is Cc1c(-c2cnn(C3CCCCO3)c2)ncn(C2CCCCO2)c1=O. The van der Waals surface area contributed by atoms with Gasteiger partial charge in [-0.2, -0.15) is 5.10 Å². The molecule has 2 aromatic heterocycles. The minimum atomic E-state index is -0.195. The van der Waals surface area contributed by atoms with Crippen LogP contribution in [-0.2, 0) is 9.47 Å². The van der Waals surface area contributed by atoms with Gasteiger partial charge in [-0.05, 0) is 45.4 Å². The van der Waals surface area contributed by atoms with Gasteiger partial charge in [0.05, 0.1) is 11.9 Å². The molecule has 2 unspecified atom stereocenters. The summed E-state index contributed by atoms with van der Waals surface area (Å²) in [4.78, 5) is 17.3. The highest BCUT2D eigenvalue weighted by Gasteiger charge is 2.21. The molecule has 2 aromatic rings. The van der Waals surface area contributed by atoms with E-state index in [1.54, 1.807) is 17.1 Å². The molecule has 0 spiro atoms. The van der Waals surface area contributed by atoms with Gasteiger partial charge in [0, 0.05) is 30.5 Å². The fraction of sp³-hybridized carbons (Fsp3) is 0.611. The van der Waals surface area contributed by atoms with Crippen molar-refractivity contribution in [3.05, 3.63) is 34.6 Å². The number of aromatic nitrogens is 4. The van der Waals surface area contributed by atoms with Crippen molar-refractivity contribution in [1.29, 1.82) is 0 Å². The van der Waals surface area contributed by atoms with E-state index < -0.39 is 0 Å². The van der Waals surface area contributed by atoms with Gasteiger partial charge in [0.15, 0.2) is 0 Å². The smallest absolute Gasteiger partial charge is 0.258 e. The van der Waals surface area contributed by atoms with E-state index in [1.807, 2.05) is 17.8 Å². The van der Waals surface area contributed by atoms with E-state index in [-0.39, 0.29) is 18.0 Å². The van der Waals surface area contributed by atoms with E-state index in [4.69, 9.17) is 9.47 Å². The summed E-state index contributed by atoms with van der Waals surface area (Å²) in [6.45, 7) is 3.29. The normalized spacial score (nSPS) is 24.4.